The van der Waals surface area contributed by atoms with Crippen LogP contribution < -0.4 is 15.2 Å². The van der Waals surface area contributed by atoms with Gasteiger partial charge in [-0.15, -0.1) is 11.8 Å². The van der Waals surface area contributed by atoms with Crippen molar-refractivity contribution in [1.82, 2.24) is 0 Å². The second-order valence-corrected chi connectivity index (χ2v) is 10.3. The van der Waals surface area contributed by atoms with Crippen molar-refractivity contribution in [2.45, 2.75) is 30.4 Å². The van der Waals surface area contributed by atoms with Gasteiger partial charge in [0.15, 0.2) is 5.75 Å². The number of thiocarbonyl (C=S) groups is 1. The summed E-state index contributed by atoms with van der Waals surface area (Å²) in [5, 5.41) is 8.89. The predicted octanol–water partition coefficient (Wildman–Crippen LogP) is 5.95. The number of rotatable bonds is 10. The molecule has 0 bridgehead atoms. The molecule has 0 aliphatic heterocycles. The van der Waals surface area contributed by atoms with Crippen LogP contribution in [0.4, 0.5) is 5.69 Å². The minimum absolute atomic E-state index is 0.0967. The van der Waals surface area contributed by atoms with Gasteiger partial charge in [-0.3, -0.25) is 0 Å². The van der Waals surface area contributed by atoms with Crippen LogP contribution in [-0.4, -0.2) is 19.2 Å². The third-order valence-corrected chi connectivity index (χ3v) is 7.10. The van der Waals surface area contributed by atoms with Crippen molar-refractivity contribution in [2.75, 3.05) is 11.9 Å². The van der Waals surface area contributed by atoms with E-state index in [2.05, 4.69) is 12.2 Å². The summed E-state index contributed by atoms with van der Waals surface area (Å²) in [7, 11) is -4.06. The molecule has 3 N–H and O–H groups in total. The summed E-state index contributed by atoms with van der Waals surface area (Å²) in [6.07, 6.45) is 1.92. The molecule has 8 heteroatoms. The largest absolute Gasteiger partial charge is 0.454 e. The monoisotopic (exact) mass is 486 g/mol. The number of unbranched alkanes of at least 4 members (excludes halogenated alkanes) is 1. The Bertz CT molecular complexity index is 1150. The van der Waals surface area contributed by atoms with Gasteiger partial charge in [0.25, 0.3) is 0 Å². The van der Waals surface area contributed by atoms with E-state index < -0.39 is 10.0 Å². The second kappa shape index (κ2) is 11.5. The summed E-state index contributed by atoms with van der Waals surface area (Å²) in [5.74, 6) is 1.38. The van der Waals surface area contributed by atoms with Gasteiger partial charge in [-0.25, -0.2) is 13.6 Å². The molecule has 0 aromatic heterocycles. The van der Waals surface area contributed by atoms with E-state index >= 15 is 0 Å². The van der Waals surface area contributed by atoms with Crippen LogP contribution >= 0.6 is 24.0 Å². The van der Waals surface area contributed by atoms with Crippen molar-refractivity contribution in [3.8, 4) is 11.5 Å². The molecule has 0 amide bonds. The standard InChI is InChI=1S/C24H26N2O3S3/c1-2-3-14-26-21-15-19(24(30)31-17-18-10-6-4-7-11-18)16-22(32(25,27)28)23(21)29-20-12-8-5-9-13-20/h4-13,15-16,26H,2-3,14,17H2,1H3,(H2,25,27,28). The zero-order chi connectivity index (χ0) is 23.0. The first kappa shape index (κ1) is 24.3. The second-order valence-electron chi connectivity index (χ2n) is 7.15. The average Bonchev–Trinajstić information content (AvgIpc) is 2.79. The fourth-order valence-electron chi connectivity index (χ4n) is 2.98. The quantitative estimate of drug-likeness (QED) is 0.272. The first-order chi connectivity index (χ1) is 15.4. The number of ether oxygens (including phenoxy) is 1. The molecule has 0 radical (unpaired) electrons. The SMILES string of the molecule is CCCCNc1cc(C(=S)SCc2ccccc2)cc(S(N)(=O)=O)c1Oc1ccccc1. The van der Waals surface area contributed by atoms with Crippen LogP contribution in [0.25, 0.3) is 0 Å². The highest BCUT2D eigenvalue weighted by Gasteiger charge is 2.23. The van der Waals surface area contributed by atoms with Crippen molar-refractivity contribution in [1.29, 1.82) is 0 Å². The maximum atomic E-state index is 12.5. The molecule has 0 atom stereocenters. The number of benzene rings is 3. The summed E-state index contributed by atoms with van der Waals surface area (Å²) >= 11 is 7.10. The summed E-state index contributed by atoms with van der Waals surface area (Å²) < 4.78 is 31.6. The van der Waals surface area contributed by atoms with E-state index in [9.17, 15) is 8.42 Å². The lowest BCUT2D eigenvalue weighted by molar-refractivity contribution is 0.469. The van der Waals surface area contributed by atoms with E-state index in [0.29, 0.717) is 33.5 Å². The fraction of sp³-hybridized carbons (Fsp3) is 0.208. The Morgan fingerprint density at radius 3 is 2.34 bits per heavy atom. The Balaban J connectivity index is 1.98. The van der Waals surface area contributed by atoms with Gasteiger partial charge in [0.05, 0.1) is 9.88 Å². The molecular weight excluding hydrogens is 460 g/mol. The number of hydrogen-bond donors (Lipinski definition) is 2. The maximum absolute atomic E-state index is 12.5. The topological polar surface area (TPSA) is 81.4 Å². The highest BCUT2D eigenvalue weighted by Crippen LogP contribution is 2.38. The van der Waals surface area contributed by atoms with E-state index in [1.807, 2.05) is 54.6 Å². The normalized spacial score (nSPS) is 11.2. The molecule has 0 aliphatic carbocycles. The number of para-hydroxylation sites is 1. The molecule has 0 saturated heterocycles. The number of hydrogen-bond acceptors (Lipinski definition) is 6. The number of nitrogens with one attached hydrogen (secondary N) is 1. The number of primary sulfonamides is 1. The minimum Gasteiger partial charge on any atom is -0.454 e. The van der Waals surface area contributed by atoms with Crippen LogP contribution in [0.15, 0.2) is 77.7 Å². The van der Waals surface area contributed by atoms with Crippen LogP contribution in [0, 0.1) is 0 Å². The Morgan fingerprint density at radius 1 is 1.06 bits per heavy atom. The first-order valence-corrected chi connectivity index (χ1v) is 13.2. The molecule has 168 valence electrons. The highest BCUT2D eigenvalue weighted by atomic mass is 32.2. The number of thioether (sulfide) groups is 1. The van der Waals surface area contributed by atoms with E-state index in [-0.39, 0.29) is 10.6 Å². The van der Waals surface area contributed by atoms with Crippen LogP contribution in [0.5, 0.6) is 11.5 Å². The first-order valence-electron chi connectivity index (χ1n) is 10.3. The molecule has 0 unspecified atom stereocenters. The van der Waals surface area contributed by atoms with Gasteiger partial charge >= 0.3 is 0 Å². The highest BCUT2D eigenvalue weighted by molar-refractivity contribution is 8.23. The van der Waals surface area contributed by atoms with Crippen LogP contribution in [-0.2, 0) is 15.8 Å². The van der Waals surface area contributed by atoms with Gasteiger partial charge in [-0.2, -0.15) is 0 Å². The molecule has 0 spiro atoms. The molecule has 3 rings (SSSR count). The van der Waals surface area contributed by atoms with E-state index in [1.165, 1.54) is 17.8 Å². The van der Waals surface area contributed by atoms with Gasteiger partial charge in [-0.05, 0) is 36.2 Å². The summed E-state index contributed by atoms with van der Waals surface area (Å²) in [6, 6.07) is 22.3. The molecule has 3 aromatic carbocycles. The number of nitrogens with two attached hydrogens (primary N) is 1. The minimum atomic E-state index is -4.06. The third-order valence-electron chi connectivity index (χ3n) is 4.62. The summed E-state index contributed by atoms with van der Waals surface area (Å²) in [5.41, 5.74) is 2.30. The van der Waals surface area contributed by atoms with Gasteiger partial charge in [0.1, 0.15) is 10.6 Å². The number of sulfonamides is 1. The zero-order valence-electron chi connectivity index (χ0n) is 17.8. The fourth-order valence-corrected chi connectivity index (χ4v) is 4.75. The summed E-state index contributed by atoms with van der Waals surface area (Å²) in [4.78, 5) is -0.0967. The van der Waals surface area contributed by atoms with Crippen molar-refractivity contribution in [2.24, 2.45) is 5.14 Å². The van der Waals surface area contributed by atoms with Crippen molar-refractivity contribution >= 4 is 43.9 Å². The van der Waals surface area contributed by atoms with E-state index in [0.717, 1.165) is 18.4 Å². The molecule has 3 aromatic rings. The molecule has 0 heterocycles. The van der Waals surface area contributed by atoms with Gasteiger partial charge in [0.2, 0.25) is 10.0 Å². The Kier molecular flexibility index (Phi) is 8.69. The third kappa shape index (κ3) is 6.80. The van der Waals surface area contributed by atoms with Crippen molar-refractivity contribution < 1.29 is 13.2 Å². The van der Waals surface area contributed by atoms with Crippen LogP contribution in [0.1, 0.15) is 30.9 Å². The Morgan fingerprint density at radius 2 is 1.72 bits per heavy atom. The average molecular weight is 487 g/mol. The molecule has 32 heavy (non-hydrogen) atoms. The van der Waals surface area contributed by atoms with E-state index in [4.69, 9.17) is 22.1 Å². The maximum Gasteiger partial charge on any atom is 0.241 e. The predicted molar refractivity (Wildman–Crippen MR) is 137 cm³/mol. The van der Waals surface area contributed by atoms with E-state index in [1.54, 1.807) is 12.1 Å². The van der Waals surface area contributed by atoms with Gasteiger partial charge < -0.3 is 10.1 Å². The lowest BCUT2D eigenvalue weighted by Gasteiger charge is -2.18. The lowest BCUT2D eigenvalue weighted by Crippen LogP contribution is -2.16. The van der Waals surface area contributed by atoms with Gasteiger partial charge in [0, 0.05) is 17.9 Å². The van der Waals surface area contributed by atoms with Crippen molar-refractivity contribution in [3.63, 3.8) is 0 Å². The Hall–Kier alpha value is -2.39. The smallest absolute Gasteiger partial charge is 0.241 e. The molecule has 5 nitrogen and oxygen atoms in total. The van der Waals surface area contributed by atoms with Crippen LogP contribution in [0.2, 0.25) is 0 Å². The molecule has 0 aliphatic rings. The molecule has 0 fully saturated rings. The molecule has 0 saturated carbocycles. The Labute approximate surface area is 199 Å². The zero-order valence-corrected chi connectivity index (χ0v) is 20.2. The van der Waals surface area contributed by atoms with Crippen LogP contribution in [0.3, 0.4) is 0 Å². The lowest BCUT2D eigenvalue weighted by atomic mass is 10.2. The summed E-state index contributed by atoms with van der Waals surface area (Å²) in [6.45, 7) is 2.75. The number of anilines is 1. The van der Waals surface area contributed by atoms with Gasteiger partial charge in [-0.1, -0.05) is 74.1 Å². The molecular formula is C24H26N2O3S3. The van der Waals surface area contributed by atoms with Crippen molar-refractivity contribution in [3.05, 3.63) is 83.9 Å².